The van der Waals surface area contributed by atoms with Gasteiger partial charge in [0, 0.05) is 11.9 Å². The first-order valence-electron chi connectivity index (χ1n) is 5.77. The molecule has 8 nitrogen and oxygen atoms in total. The third-order valence-corrected chi connectivity index (χ3v) is 2.95. The Morgan fingerprint density at radius 3 is 2.52 bits per heavy atom. The molecule has 2 aromatic rings. The van der Waals surface area contributed by atoms with E-state index in [0.29, 0.717) is 5.69 Å². The van der Waals surface area contributed by atoms with Gasteiger partial charge >= 0.3 is 0 Å². The van der Waals surface area contributed by atoms with Crippen LogP contribution in [0.1, 0.15) is 10.5 Å². The molecule has 0 saturated carbocycles. The van der Waals surface area contributed by atoms with Gasteiger partial charge in [0.1, 0.15) is 0 Å². The summed E-state index contributed by atoms with van der Waals surface area (Å²) in [6.07, 6.45) is 1.45. The predicted molar refractivity (Wildman–Crippen MR) is 79.8 cm³/mol. The Labute approximate surface area is 121 Å². The van der Waals surface area contributed by atoms with Crippen molar-refractivity contribution in [2.75, 3.05) is 15.8 Å². The molecule has 0 radical (unpaired) electrons. The first-order chi connectivity index (χ1) is 9.85. The highest BCUT2D eigenvalue weighted by Crippen LogP contribution is 2.17. The standard InChI is InChI=1S/C12H13N5O3S/c13-10-5-2-6-15-11(10)12(18)16-8-3-1-4-9(7-8)17-21(14,19)20/h1-7,17H,13H2,(H,16,18)(H2,14,19,20). The molecule has 0 spiro atoms. The Morgan fingerprint density at radius 2 is 1.86 bits per heavy atom. The predicted octanol–water partition coefficient (Wildman–Crippen LogP) is 0.532. The van der Waals surface area contributed by atoms with Crippen molar-refractivity contribution in [2.24, 2.45) is 5.14 Å². The number of nitrogen functional groups attached to an aromatic ring is 1. The first-order valence-corrected chi connectivity index (χ1v) is 7.32. The number of carbonyl (C=O) groups is 1. The van der Waals surface area contributed by atoms with Crippen LogP contribution in [0.2, 0.25) is 0 Å². The number of nitrogens with two attached hydrogens (primary N) is 2. The Morgan fingerprint density at radius 1 is 1.14 bits per heavy atom. The molecular weight excluding hydrogens is 294 g/mol. The third kappa shape index (κ3) is 4.16. The van der Waals surface area contributed by atoms with Gasteiger partial charge in [0.25, 0.3) is 16.1 Å². The molecule has 1 aromatic heterocycles. The Balaban J connectivity index is 2.19. The molecule has 0 aliphatic rings. The molecule has 1 aromatic carbocycles. The average Bonchev–Trinajstić information content (AvgIpc) is 2.37. The lowest BCUT2D eigenvalue weighted by Gasteiger charge is -2.08. The number of carbonyl (C=O) groups excluding carboxylic acids is 1. The fraction of sp³-hybridized carbons (Fsp3) is 0. The van der Waals surface area contributed by atoms with Crippen LogP contribution in [0.4, 0.5) is 17.1 Å². The number of nitrogens with zero attached hydrogens (tertiary/aromatic N) is 1. The fourth-order valence-corrected chi connectivity index (χ4v) is 2.08. The summed E-state index contributed by atoms with van der Waals surface area (Å²) in [7, 11) is -3.88. The Hall–Kier alpha value is -2.65. The van der Waals surface area contributed by atoms with Crippen LogP contribution in [-0.2, 0) is 10.2 Å². The molecule has 0 aliphatic heterocycles. The molecule has 110 valence electrons. The van der Waals surface area contributed by atoms with Gasteiger partial charge < -0.3 is 11.1 Å². The van der Waals surface area contributed by atoms with Gasteiger partial charge in [-0.3, -0.25) is 9.52 Å². The normalized spacial score (nSPS) is 10.9. The summed E-state index contributed by atoms with van der Waals surface area (Å²) in [4.78, 5) is 15.9. The minimum Gasteiger partial charge on any atom is -0.397 e. The number of anilines is 3. The maximum atomic E-state index is 12.0. The number of nitrogens with one attached hydrogen (secondary N) is 2. The van der Waals surface area contributed by atoms with Crippen molar-refractivity contribution in [1.82, 2.24) is 4.98 Å². The SMILES string of the molecule is Nc1cccnc1C(=O)Nc1cccc(NS(N)(=O)=O)c1. The molecule has 21 heavy (non-hydrogen) atoms. The maximum Gasteiger partial charge on any atom is 0.296 e. The van der Waals surface area contributed by atoms with Gasteiger partial charge in [-0.1, -0.05) is 6.07 Å². The second-order valence-corrected chi connectivity index (χ2v) is 5.42. The van der Waals surface area contributed by atoms with Crippen molar-refractivity contribution in [1.29, 1.82) is 0 Å². The van der Waals surface area contributed by atoms with Crippen molar-refractivity contribution < 1.29 is 13.2 Å². The Kier molecular flexibility index (Phi) is 4.05. The van der Waals surface area contributed by atoms with Gasteiger partial charge in [-0.2, -0.15) is 8.42 Å². The van der Waals surface area contributed by atoms with E-state index in [-0.39, 0.29) is 17.1 Å². The minimum atomic E-state index is -3.88. The molecule has 6 N–H and O–H groups in total. The molecule has 1 heterocycles. The molecular formula is C12H13N5O3S. The summed E-state index contributed by atoms with van der Waals surface area (Å²) in [6, 6.07) is 9.23. The van der Waals surface area contributed by atoms with E-state index in [0.717, 1.165) is 0 Å². The number of pyridine rings is 1. The summed E-state index contributed by atoms with van der Waals surface area (Å²) in [5.74, 6) is -0.499. The number of aromatic nitrogens is 1. The van der Waals surface area contributed by atoms with E-state index in [9.17, 15) is 13.2 Å². The number of benzene rings is 1. The lowest BCUT2D eigenvalue weighted by Crippen LogP contribution is -2.22. The van der Waals surface area contributed by atoms with E-state index in [4.69, 9.17) is 10.9 Å². The summed E-state index contributed by atoms with van der Waals surface area (Å²) in [6.45, 7) is 0. The zero-order valence-electron chi connectivity index (χ0n) is 10.8. The van der Waals surface area contributed by atoms with Crippen LogP contribution in [0.25, 0.3) is 0 Å². The average molecular weight is 307 g/mol. The second kappa shape index (κ2) is 5.77. The summed E-state index contributed by atoms with van der Waals surface area (Å²) < 4.78 is 24.0. The van der Waals surface area contributed by atoms with Crippen LogP contribution >= 0.6 is 0 Å². The van der Waals surface area contributed by atoms with Crippen LogP contribution in [0.3, 0.4) is 0 Å². The molecule has 1 amide bonds. The quantitative estimate of drug-likeness (QED) is 0.652. The molecule has 0 bridgehead atoms. The zero-order valence-corrected chi connectivity index (χ0v) is 11.6. The zero-order chi connectivity index (χ0) is 15.5. The second-order valence-electron chi connectivity index (χ2n) is 4.12. The number of hydrogen-bond acceptors (Lipinski definition) is 5. The monoisotopic (exact) mass is 307 g/mol. The highest BCUT2D eigenvalue weighted by molar-refractivity contribution is 7.90. The highest BCUT2D eigenvalue weighted by atomic mass is 32.2. The van der Waals surface area contributed by atoms with Crippen molar-refractivity contribution in [3.8, 4) is 0 Å². The van der Waals surface area contributed by atoms with Crippen LogP contribution in [0.5, 0.6) is 0 Å². The third-order valence-electron chi connectivity index (χ3n) is 2.43. The van der Waals surface area contributed by atoms with E-state index >= 15 is 0 Å². The van der Waals surface area contributed by atoms with Crippen molar-refractivity contribution in [3.63, 3.8) is 0 Å². The summed E-state index contributed by atoms with van der Waals surface area (Å²) in [5, 5.41) is 7.45. The van der Waals surface area contributed by atoms with Crippen molar-refractivity contribution in [3.05, 3.63) is 48.3 Å². The van der Waals surface area contributed by atoms with E-state index in [1.807, 2.05) is 0 Å². The number of amides is 1. The van der Waals surface area contributed by atoms with E-state index in [2.05, 4.69) is 15.0 Å². The molecule has 0 aliphatic carbocycles. The number of rotatable bonds is 4. The smallest absolute Gasteiger partial charge is 0.296 e. The largest absolute Gasteiger partial charge is 0.397 e. The molecule has 0 unspecified atom stereocenters. The van der Waals surface area contributed by atoms with Gasteiger partial charge in [-0.15, -0.1) is 0 Å². The van der Waals surface area contributed by atoms with Crippen molar-refractivity contribution >= 4 is 33.2 Å². The van der Waals surface area contributed by atoms with Gasteiger partial charge in [-0.05, 0) is 30.3 Å². The molecule has 0 fully saturated rings. The molecule has 9 heteroatoms. The van der Waals surface area contributed by atoms with E-state index in [1.165, 1.54) is 18.3 Å². The van der Waals surface area contributed by atoms with E-state index in [1.54, 1.807) is 24.3 Å². The Bertz CT molecular complexity index is 776. The number of hydrogen-bond donors (Lipinski definition) is 4. The lowest BCUT2D eigenvalue weighted by atomic mass is 10.2. The molecule has 0 atom stereocenters. The van der Waals surface area contributed by atoms with Gasteiger partial charge in [-0.25, -0.2) is 10.1 Å². The van der Waals surface area contributed by atoms with Crippen LogP contribution in [0, 0.1) is 0 Å². The summed E-state index contributed by atoms with van der Waals surface area (Å²) >= 11 is 0. The van der Waals surface area contributed by atoms with Gasteiger partial charge in [0.15, 0.2) is 5.69 Å². The summed E-state index contributed by atoms with van der Waals surface area (Å²) in [5.41, 5.74) is 6.59. The maximum absolute atomic E-state index is 12.0. The van der Waals surface area contributed by atoms with E-state index < -0.39 is 16.1 Å². The van der Waals surface area contributed by atoms with Gasteiger partial charge in [0.05, 0.1) is 11.4 Å². The van der Waals surface area contributed by atoms with Gasteiger partial charge in [0.2, 0.25) is 0 Å². The molecule has 0 saturated heterocycles. The van der Waals surface area contributed by atoms with Crippen LogP contribution < -0.4 is 20.9 Å². The topological polar surface area (TPSA) is 140 Å². The molecule has 2 rings (SSSR count). The van der Waals surface area contributed by atoms with Crippen molar-refractivity contribution in [2.45, 2.75) is 0 Å². The highest BCUT2D eigenvalue weighted by Gasteiger charge is 2.11. The fourth-order valence-electron chi connectivity index (χ4n) is 1.62. The first kappa shape index (κ1) is 14.8. The lowest BCUT2D eigenvalue weighted by molar-refractivity contribution is 0.102. The minimum absolute atomic E-state index is 0.0855. The van der Waals surface area contributed by atoms with Crippen LogP contribution in [-0.4, -0.2) is 19.3 Å². The van der Waals surface area contributed by atoms with Crippen LogP contribution in [0.15, 0.2) is 42.6 Å².